The first-order chi connectivity index (χ1) is 11.5. The maximum absolute atomic E-state index is 12.9. The second kappa shape index (κ2) is 6.96. The molecule has 0 unspecified atom stereocenters. The van der Waals surface area contributed by atoms with E-state index in [1.165, 1.54) is 27.2 Å². The summed E-state index contributed by atoms with van der Waals surface area (Å²) in [7, 11) is -3.58. The fraction of sp³-hybridized carbons (Fsp3) is 0.400. The van der Waals surface area contributed by atoms with E-state index >= 15 is 0 Å². The van der Waals surface area contributed by atoms with Crippen LogP contribution in [0.5, 0.6) is 0 Å². The molecule has 9 heteroatoms. The van der Waals surface area contributed by atoms with Crippen LogP contribution in [0.25, 0.3) is 0 Å². The number of rotatable bonds is 4. The van der Waals surface area contributed by atoms with Gasteiger partial charge in [0.15, 0.2) is 0 Å². The minimum atomic E-state index is -3.58. The highest BCUT2D eigenvalue weighted by atomic mass is 32.2. The van der Waals surface area contributed by atoms with Gasteiger partial charge >= 0.3 is 0 Å². The van der Waals surface area contributed by atoms with Gasteiger partial charge in [0.25, 0.3) is 5.91 Å². The van der Waals surface area contributed by atoms with Crippen LogP contribution in [0.15, 0.2) is 28.6 Å². The molecule has 128 valence electrons. The van der Waals surface area contributed by atoms with E-state index in [4.69, 9.17) is 0 Å². The van der Waals surface area contributed by atoms with Gasteiger partial charge < -0.3 is 0 Å². The highest BCUT2D eigenvalue weighted by Crippen LogP contribution is 2.24. The summed E-state index contributed by atoms with van der Waals surface area (Å²) in [4.78, 5) is 12.5. The van der Waals surface area contributed by atoms with Crippen molar-refractivity contribution in [3.05, 3.63) is 34.8 Å². The molecule has 1 aliphatic rings. The van der Waals surface area contributed by atoms with Crippen LogP contribution in [0.4, 0.5) is 5.13 Å². The van der Waals surface area contributed by atoms with Crippen LogP contribution in [0.3, 0.4) is 0 Å². The first kappa shape index (κ1) is 17.0. The maximum Gasteiger partial charge on any atom is 0.257 e. The zero-order chi connectivity index (χ0) is 17.2. The van der Waals surface area contributed by atoms with Gasteiger partial charge in [-0.15, -0.1) is 10.2 Å². The van der Waals surface area contributed by atoms with Crippen molar-refractivity contribution in [1.82, 2.24) is 14.5 Å². The van der Waals surface area contributed by atoms with Gasteiger partial charge in [-0.25, -0.2) is 8.42 Å². The van der Waals surface area contributed by atoms with E-state index in [2.05, 4.69) is 15.5 Å². The van der Waals surface area contributed by atoms with Crippen molar-refractivity contribution in [1.29, 1.82) is 0 Å². The zero-order valence-corrected chi connectivity index (χ0v) is 14.9. The standard InChI is InChI=1S/C15H18N4O3S2/c1-11-5-6-12(14(20)17-15-18-16-10-23-15)9-13(11)24(21,22)19-7-3-2-4-8-19/h5-6,9-10H,2-4,7-8H2,1H3,(H,17,18,20). The molecule has 3 rings (SSSR count). The van der Waals surface area contributed by atoms with Crippen molar-refractivity contribution in [2.24, 2.45) is 0 Å². The molecule has 1 aromatic carbocycles. The Morgan fingerprint density at radius 2 is 2.00 bits per heavy atom. The third-order valence-corrected chi connectivity index (χ3v) is 6.61. The number of anilines is 1. The van der Waals surface area contributed by atoms with Crippen molar-refractivity contribution < 1.29 is 13.2 Å². The Labute approximate surface area is 144 Å². The van der Waals surface area contributed by atoms with Crippen LogP contribution in [-0.2, 0) is 10.0 Å². The quantitative estimate of drug-likeness (QED) is 0.896. The number of sulfonamides is 1. The highest BCUT2D eigenvalue weighted by molar-refractivity contribution is 7.89. The lowest BCUT2D eigenvalue weighted by Crippen LogP contribution is -2.36. The average molecular weight is 366 g/mol. The van der Waals surface area contributed by atoms with E-state index in [0.29, 0.717) is 23.8 Å². The fourth-order valence-electron chi connectivity index (χ4n) is 2.66. The third kappa shape index (κ3) is 3.47. The van der Waals surface area contributed by atoms with Gasteiger partial charge in [-0.2, -0.15) is 4.31 Å². The van der Waals surface area contributed by atoms with Gasteiger partial charge in [0.1, 0.15) is 5.51 Å². The first-order valence-electron chi connectivity index (χ1n) is 7.67. The molecule has 1 aliphatic heterocycles. The Balaban J connectivity index is 1.89. The molecule has 1 amide bonds. The number of hydrogen-bond donors (Lipinski definition) is 1. The van der Waals surface area contributed by atoms with Gasteiger partial charge in [-0.3, -0.25) is 10.1 Å². The molecule has 0 aliphatic carbocycles. The van der Waals surface area contributed by atoms with Gasteiger partial charge in [0.2, 0.25) is 15.2 Å². The summed E-state index contributed by atoms with van der Waals surface area (Å²) in [5, 5.41) is 10.4. The van der Waals surface area contributed by atoms with Gasteiger partial charge in [-0.1, -0.05) is 23.8 Å². The Bertz CT molecular complexity index is 828. The van der Waals surface area contributed by atoms with Crippen molar-refractivity contribution in [2.45, 2.75) is 31.1 Å². The number of amides is 1. The van der Waals surface area contributed by atoms with Crippen molar-refractivity contribution in [3.8, 4) is 0 Å². The van der Waals surface area contributed by atoms with Crippen LogP contribution in [0.1, 0.15) is 35.2 Å². The SMILES string of the molecule is Cc1ccc(C(=O)Nc2nncs2)cc1S(=O)(=O)N1CCCCC1. The predicted molar refractivity (Wildman–Crippen MR) is 91.7 cm³/mol. The molecule has 24 heavy (non-hydrogen) atoms. The lowest BCUT2D eigenvalue weighted by Gasteiger charge is -2.26. The summed E-state index contributed by atoms with van der Waals surface area (Å²) >= 11 is 1.20. The van der Waals surface area contributed by atoms with E-state index in [9.17, 15) is 13.2 Å². The summed E-state index contributed by atoms with van der Waals surface area (Å²) in [5.41, 5.74) is 2.43. The molecule has 1 saturated heterocycles. The number of nitrogens with zero attached hydrogens (tertiary/aromatic N) is 3. The topological polar surface area (TPSA) is 92.3 Å². The Morgan fingerprint density at radius 3 is 2.67 bits per heavy atom. The van der Waals surface area contributed by atoms with E-state index < -0.39 is 15.9 Å². The molecule has 2 heterocycles. The Morgan fingerprint density at radius 1 is 1.25 bits per heavy atom. The van der Waals surface area contributed by atoms with Gasteiger partial charge in [0.05, 0.1) is 4.90 Å². The Hall–Kier alpha value is -1.84. The predicted octanol–water partition coefficient (Wildman–Crippen LogP) is 2.27. The minimum absolute atomic E-state index is 0.189. The second-order valence-electron chi connectivity index (χ2n) is 5.64. The number of carbonyl (C=O) groups excluding carboxylic acids is 1. The van der Waals surface area contributed by atoms with E-state index in [0.717, 1.165) is 19.3 Å². The smallest absolute Gasteiger partial charge is 0.257 e. The largest absolute Gasteiger partial charge is 0.296 e. The number of aryl methyl sites for hydroxylation is 1. The fourth-order valence-corrected chi connectivity index (χ4v) is 4.87. The number of piperidine rings is 1. The summed E-state index contributed by atoms with van der Waals surface area (Å²) < 4.78 is 27.3. The zero-order valence-electron chi connectivity index (χ0n) is 13.2. The summed E-state index contributed by atoms with van der Waals surface area (Å²) in [6.07, 6.45) is 2.79. The molecular weight excluding hydrogens is 348 g/mol. The van der Waals surface area contributed by atoms with Crippen LogP contribution in [0.2, 0.25) is 0 Å². The van der Waals surface area contributed by atoms with Gasteiger partial charge in [0, 0.05) is 18.7 Å². The van der Waals surface area contributed by atoms with Gasteiger partial charge in [-0.05, 0) is 37.5 Å². The van der Waals surface area contributed by atoms with E-state index in [1.807, 2.05) is 0 Å². The molecule has 0 spiro atoms. The van der Waals surface area contributed by atoms with Crippen LogP contribution in [-0.4, -0.2) is 41.9 Å². The Kier molecular flexibility index (Phi) is 4.93. The lowest BCUT2D eigenvalue weighted by atomic mass is 10.1. The van der Waals surface area contributed by atoms with E-state index in [1.54, 1.807) is 19.1 Å². The maximum atomic E-state index is 12.9. The van der Waals surface area contributed by atoms with E-state index in [-0.39, 0.29) is 10.5 Å². The molecule has 0 atom stereocenters. The molecule has 2 aromatic rings. The molecule has 0 radical (unpaired) electrons. The summed E-state index contributed by atoms with van der Waals surface area (Å²) in [5.74, 6) is -0.401. The molecule has 7 nitrogen and oxygen atoms in total. The summed E-state index contributed by atoms with van der Waals surface area (Å²) in [6, 6.07) is 4.71. The third-order valence-electron chi connectivity index (χ3n) is 3.96. The first-order valence-corrected chi connectivity index (χ1v) is 9.99. The molecule has 1 N–H and O–H groups in total. The number of aromatic nitrogens is 2. The van der Waals surface area contributed by atoms with Crippen molar-refractivity contribution in [2.75, 3.05) is 18.4 Å². The normalized spacial score (nSPS) is 16.0. The molecular formula is C15H18N4O3S2. The van der Waals surface area contributed by atoms with Crippen LogP contribution >= 0.6 is 11.3 Å². The van der Waals surface area contributed by atoms with Crippen LogP contribution in [0, 0.1) is 6.92 Å². The molecule has 1 aromatic heterocycles. The molecule has 1 fully saturated rings. The molecule has 0 bridgehead atoms. The number of nitrogens with one attached hydrogen (secondary N) is 1. The number of benzene rings is 1. The number of carbonyl (C=O) groups is 1. The monoisotopic (exact) mass is 366 g/mol. The van der Waals surface area contributed by atoms with Crippen molar-refractivity contribution >= 4 is 32.4 Å². The van der Waals surface area contributed by atoms with Crippen molar-refractivity contribution in [3.63, 3.8) is 0 Å². The number of hydrogen-bond acceptors (Lipinski definition) is 6. The second-order valence-corrected chi connectivity index (χ2v) is 8.38. The molecule has 0 saturated carbocycles. The highest BCUT2D eigenvalue weighted by Gasteiger charge is 2.28. The summed E-state index contributed by atoms with van der Waals surface area (Å²) in [6.45, 7) is 2.80. The average Bonchev–Trinajstić information content (AvgIpc) is 3.09. The minimum Gasteiger partial charge on any atom is -0.296 e. The van der Waals surface area contributed by atoms with Crippen LogP contribution < -0.4 is 5.32 Å². The lowest BCUT2D eigenvalue weighted by molar-refractivity contribution is 0.102.